The van der Waals surface area contributed by atoms with Crippen LogP contribution in [-0.2, 0) is 16.0 Å². The number of alkyl halides is 3. The highest BCUT2D eigenvalue weighted by Crippen LogP contribution is 2.30. The van der Waals surface area contributed by atoms with E-state index in [1.165, 1.54) is 0 Å². The Morgan fingerprint density at radius 1 is 1.39 bits per heavy atom. The molecule has 0 saturated heterocycles. The first-order valence-electron chi connectivity index (χ1n) is 5.02. The zero-order valence-corrected chi connectivity index (χ0v) is 10.4. The highest BCUT2D eigenvalue weighted by molar-refractivity contribution is 7.90. The lowest BCUT2D eigenvalue weighted by molar-refractivity contribution is -0.137. The van der Waals surface area contributed by atoms with Crippen molar-refractivity contribution in [2.45, 2.75) is 12.6 Å². The first kappa shape index (κ1) is 14.7. The van der Waals surface area contributed by atoms with Crippen molar-refractivity contribution in [2.24, 2.45) is 0 Å². The fourth-order valence-corrected chi connectivity index (χ4v) is 1.80. The van der Waals surface area contributed by atoms with Gasteiger partial charge in [0.25, 0.3) is 0 Å². The summed E-state index contributed by atoms with van der Waals surface area (Å²) in [7, 11) is -3.09. The molecule has 102 valence electrons. The molecule has 0 aliphatic heterocycles. The molecule has 1 rings (SSSR count). The van der Waals surface area contributed by atoms with Gasteiger partial charge in [0.1, 0.15) is 9.84 Å². The zero-order valence-electron chi connectivity index (χ0n) is 9.57. The maximum atomic E-state index is 12.3. The monoisotopic (exact) mass is 283 g/mol. The molecule has 4 nitrogen and oxygen atoms in total. The fourth-order valence-electron chi connectivity index (χ4n) is 1.16. The Hall–Kier alpha value is -1.31. The molecule has 0 aliphatic carbocycles. The highest BCUT2D eigenvalue weighted by Gasteiger charge is 2.30. The lowest BCUT2D eigenvalue weighted by Gasteiger charge is -2.08. The van der Waals surface area contributed by atoms with Crippen LogP contribution in [0, 0.1) is 0 Å². The van der Waals surface area contributed by atoms with Crippen LogP contribution in [0.25, 0.3) is 0 Å². The van der Waals surface area contributed by atoms with E-state index in [9.17, 15) is 21.6 Å². The van der Waals surface area contributed by atoms with Gasteiger partial charge in [0.15, 0.2) is 0 Å². The molecule has 0 aromatic carbocycles. The van der Waals surface area contributed by atoms with Crippen molar-refractivity contribution in [2.75, 3.05) is 18.6 Å². The minimum Gasteiger partial charge on any atom is -0.478 e. The van der Waals surface area contributed by atoms with Crippen LogP contribution in [0.1, 0.15) is 12.0 Å². The Kier molecular flexibility index (Phi) is 4.55. The van der Waals surface area contributed by atoms with Gasteiger partial charge in [0, 0.05) is 18.5 Å². The first-order valence-corrected chi connectivity index (χ1v) is 7.08. The van der Waals surface area contributed by atoms with E-state index in [4.69, 9.17) is 4.74 Å². The van der Waals surface area contributed by atoms with Crippen LogP contribution in [0.15, 0.2) is 18.3 Å². The second kappa shape index (κ2) is 5.55. The summed E-state index contributed by atoms with van der Waals surface area (Å²) in [5.74, 6) is -0.246. The lowest BCUT2D eigenvalue weighted by Crippen LogP contribution is -2.09. The molecule has 1 aromatic rings. The van der Waals surface area contributed by atoms with Gasteiger partial charge < -0.3 is 4.74 Å². The number of sulfone groups is 1. The van der Waals surface area contributed by atoms with Crippen molar-refractivity contribution in [1.29, 1.82) is 0 Å². The van der Waals surface area contributed by atoms with Gasteiger partial charge in [-0.3, -0.25) is 0 Å². The molecular weight excluding hydrogens is 271 g/mol. The Morgan fingerprint density at radius 3 is 2.61 bits per heavy atom. The summed E-state index contributed by atoms with van der Waals surface area (Å²) in [5, 5.41) is 0. The van der Waals surface area contributed by atoms with Gasteiger partial charge in [-0.25, -0.2) is 13.4 Å². The van der Waals surface area contributed by atoms with Crippen LogP contribution in [0.4, 0.5) is 13.2 Å². The van der Waals surface area contributed by atoms with E-state index in [-0.39, 0.29) is 24.7 Å². The number of hydrogen-bond acceptors (Lipinski definition) is 4. The van der Waals surface area contributed by atoms with E-state index in [1.807, 2.05) is 0 Å². The normalized spacial score (nSPS) is 12.4. The molecule has 0 unspecified atom stereocenters. The summed E-state index contributed by atoms with van der Waals surface area (Å²) in [5.41, 5.74) is -0.851. The molecule has 0 bridgehead atoms. The number of rotatable bonds is 5. The third-order valence-corrected chi connectivity index (χ3v) is 3.00. The van der Waals surface area contributed by atoms with Crippen molar-refractivity contribution >= 4 is 9.84 Å². The largest absolute Gasteiger partial charge is 0.478 e. The second-order valence-corrected chi connectivity index (χ2v) is 5.97. The molecule has 1 aromatic heterocycles. The minimum absolute atomic E-state index is 0.00137. The third kappa shape index (κ3) is 5.35. The van der Waals surface area contributed by atoms with Crippen molar-refractivity contribution < 1.29 is 26.3 Å². The van der Waals surface area contributed by atoms with Crippen LogP contribution in [0.5, 0.6) is 5.88 Å². The molecule has 0 radical (unpaired) electrons. The quantitative estimate of drug-likeness (QED) is 0.775. The maximum Gasteiger partial charge on any atom is 0.416 e. The maximum absolute atomic E-state index is 12.3. The Bertz CT molecular complexity index is 499. The van der Waals surface area contributed by atoms with Gasteiger partial charge in [-0.2, -0.15) is 13.2 Å². The Morgan fingerprint density at radius 2 is 2.06 bits per heavy atom. The summed E-state index contributed by atoms with van der Waals surface area (Å²) >= 11 is 0. The lowest BCUT2D eigenvalue weighted by atomic mass is 10.2. The number of pyridine rings is 1. The SMILES string of the molecule is CS(=O)(=O)CCCOc1cc(C(F)(F)F)ccn1. The average Bonchev–Trinajstić information content (AvgIpc) is 2.22. The summed E-state index contributed by atoms with van der Waals surface area (Å²) in [6, 6.07) is 1.61. The number of nitrogens with zero attached hydrogens (tertiary/aromatic N) is 1. The number of hydrogen-bond donors (Lipinski definition) is 0. The molecule has 0 amide bonds. The van der Waals surface area contributed by atoms with E-state index in [2.05, 4.69) is 4.98 Å². The van der Waals surface area contributed by atoms with Crippen LogP contribution in [0.2, 0.25) is 0 Å². The van der Waals surface area contributed by atoms with Crippen LogP contribution in [-0.4, -0.2) is 32.0 Å². The molecule has 0 N–H and O–H groups in total. The van der Waals surface area contributed by atoms with Gasteiger partial charge in [-0.05, 0) is 12.5 Å². The van der Waals surface area contributed by atoms with E-state index < -0.39 is 21.6 Å². The number of aromatic nitrogens is 1. The van der Waals surface area contributed by atoms with Gasteiger partial charge in [-0.15, -0.1) is 0 Å². The predicted octanol–water partition coefficient (Wildman–Crippen LogP) is 1.91. The molecule has 8 heteroatoms. The predicted molar refractivity (Wildman–Crippen MR) is 59.1 cm³/mol. The van der Waals surface area contributed by atoms with Crippen molar-refractivity contribution in [3.63, 3.8) is 0 Å². The molecule has 0 saturated carbocycles. The summed E-state index contributed by atoms with van der Waals surface area (Å²) in [4.78, 5) is 3.62. The number of ether oxygens (including phenoxy) is 1. The average molecular weight is 283 g/mol. The van der Waals surface area contributed by atoms with E-state index >= 15 is 0 Å². The molecule has 0 spiro atoms. The first-order chi connectivity index (χ1) is 8.18. The topological polar surface area (TPSA) is 56.3 Å². The summed E-state index contributed by atoms with van der Waals surface area (Å²) < 4.78 is 63.6. The van der Waals surface area contributed by atoms with Crippen molar-refractivity contribution in [3.05, 3.63) is 23.9 Å². The van der Waals surface area contributed by atoms with Gasteiger partial charge in [0.2, 0.25) is 5.88 Å². The zero-order chi connectivity index (χ0) is 13.8. The van der Waals surface area contributed by atoms with E-state index in [0.717, 1.165) is 24.6 Å². The van der Waals surface area contributed by atoms with Gasteiger partial charge in [0.05, 0.1) is 17.9 Å². The van der Waals surface area contributed by atoms with Gasteiger partial charge >= 0.3 is 6.18 Å². The van der Waals surface area contributed by atoms with E-state index in [0.29, 0.717) is 0 Å². The standard InChI is InChI=1S/C10H12F3NO3S/c1-18(15,16)6-2-5-17-9-7-8(3-4-14-9)10(11,12)13/h3-4,7H,2,5-6H2,1H3. The van der Waals surface area contributed by atoms with Crippen molar-refractivity contribution in [3.8, 4) is 5.88 Å². The molecule has 18 heavy (non-hydrogen) atoms. The Labute approximate surface area is 103 Å². The highest BCUT2D eigenvalue weighted by atomic mass is 32.2. The summed E-state index contributed by atoms with van der Waals surface area (Å²) in [6.07, 6.45) is -2.17. The molecule has 0 fully saturated rings. The molecule has 1 heterocycles. The Balaban J connectivity index is 2.53. The fraction of sp³-hybridized carbons (Fsp3) is 0.500. The minimum atomic E-state index is -4.45. The molecular formula is C10H12F3NO3S. The second-order valence-electron chi connectivity index (χ2n) is 3.71. The van der Waals surface area contributed by atoms with Crippen LogP contribution < -0.4 is 4.74 Å². The third-order valence-electron chi connectivity index (χ3n) is 1.97. The van der Waals surface area contributed by atoms with Gasteiger partial charge in [-0.1, -0.05) is 0 Å². The van der Waals surface area contributed by atoms with Crippen molar-refractivity contribution in [1.82, 2.24) is 4.98 Å². The summed E-state index contributed by atoms with van der Waals surface area (Å²) in [6.45, 7) is 0.00137. The smallest absolute Gasteiger partial charge is 0.416 e. The van der Waals surface area contributed by atoms with E-state index in [1.54, 1.807) is 0 Å². The van der Waals surface area contributed by atoms with Crippen LogP contribution >= 0.6 is 0 Å². The molecule has 0 aliphatic rings. The molecule has 0 atom stereocenters. The van der Waals surface area contributed by atoms with Crippen LogP contribution in [0.3, 0.4) is 0 Å². The number of halogens is 3.